The zero-order chi connectivity index (χ0) is 13.7. The predicted molar refractivity (Wildman–Crippen MR) is 58.6 cm³/mol. The van der Waals surface area contributed by atoms with E-state index in [1.54, 1.807) is 0 Å². The van der Waals surface area contributed by atoms with Crippen LogP contribution in [0.4, 0.5) is 15.8 Å². The highest BCUT2D eigenvalue weighted by Gasteiger charge is 2.21. The van der Waals surface area contributed by atoms with Crippen LogP contribution in [0.5, 0.6) is 0 Å². The molecule has 0 bridgehead atoms. The van der Waals surface area contributed by atoms with E-state index in [-0.39, 0.29) is 11.3 Å². The van der Waals surface area contributed by atoms with Crippen LogP contribution in [0.15, 0.2) is 17.1 Å². The molecule has 0 atom stereocenters. The first-order valence-corrected chi connectivity index (χ1v) is 4.55. The van der Waals surface area contributed by atoms with Gasteiger partial charge in [-0.15, -0.1) is 0 Å². The number of ether oxygens (including phenoxy) is 1. The van der Waals surface area contributed by atoms with Crippen molar-refractivity contribution in [2.75, 3.05) is 7.11 Å². The summed E-state index contributed by atoms with van der Waals surface area (Å²) in [5.74, 6) is -2.10. The molecule has 1 rings (SSSR count). The molecule has 0 saturated carbocycles. The third-order valence-electron chi connectivity index (χ3n) is 1.94. The minimum atomic E-state index is -1.19. The zero-order valence-corrected chi connectivity index (χ0v) is 9.12. The van der Waals surface area contributed by atoms with Gasteiger partial charge < -0.3 is 4.74 Å². The van der Waals surface area contributed by atoms with Crippen LogP contribution < -0.4 is 0 Å². The largest absolute Gasteiger partial charge is 0.465 e. The Morgan fingerprint density at radius 1 is 1.56 bits per heavy atom. The number of hydrogen-bond donors (Lipinski definition) is 0. The number of rotatable bonds is 4. The third-order valence-corrected chi connectivity index (χ3v) is 1.94. The van der Waals surface area contributed by atoms with Crippen LogP contribution >= 0.6 is 0 Å². The number of esters is 1. The number of carbonyl (C=O) groups is 2. The average Bonchev–Trinajstić information content (AvgIpc) is 2.35. The monoisotopic (exact) mass is 254 g/mol. The number of methoxy groups -OCH3 is 1. The molecule has 1 aromatic rings. The maximum absolute atomic E-state index is 13.3. The Morgan fingerprint density at radius 2 is 2.22 bits per heavy atom. The molecule has 7 nitrogen and oxygen atoms in total. The first-order valence-electron chi connectivity index (χ1n) is 4.55. The summed E-state index contributed by atoms with van der Waals surface area (Å²) in [6.07, 6.45) is 1.10. The van der Waals surface area contributed by atoms with E-state index in [1.165, 1.54) is 0 Å². The molecule has 0 amide bonds. The molecule has 1 aromatic carbocycles. The van der Waals surface area contributed by atoms with Crippen LogP contribution in [0.1, 0.15) is 10.4 Å². The topological polar surface area (TPSA) is 98.9 Å². The lowest BCUT2D eigenvalue weighted by Gasteiger charge is -2.04. The first-order chi connectivity index (χ1) is 8.51. The highest BCUT2D eigenvalue weighted by molar-refractivity contribution is 6.14. The summed E-state index contributed by atoms with van der Waals surface area (Å²) < 4.78 is 17.7. The fraction of sp³-hybridized carbons (Fsp3) is 0.100. The third kappa shape index (κ3) is 2.73. The van der Waals surface area contributed by atoms with Gasteiger partial charge in [0.15, 0.2) is 6.29 Å². The highest BCUT2D eigenvalue weighted by atomic mass is 19.1. The summed E-state index contributed by atoms with van der Waals surface area (Å²) in [5, 5.41) is 10.5. The second-order valence-corrected chi connectivity index (χ2v) is 2.98. The van der Waals surface area contributed by atoms with Gasteiger partial charge in [-0.25, -0.2) is 4.79 Å². The number of aldehydes is 1. The molecule has 0 aliphatic carbocycles. The second kappa shape index (κ2) is 5.62. The average molecular weight is 254 g/mol. The van der Waals surface area contributed by atoms with Gasteiger partial charge in [0.2, 0.25) is 5.82 Å². The zero-order valence-electron chi connectivity index (χ0n) is 9.12. The fourth-order valence-corrected chi connectivity index (χ4v) is 1.18. The van der Waals surface area contributed by atoms with Crippen molar-refractivity contribution >= 4 is 29.8 Å². The molecular weight excluding hydrogens is 247 g/mol. The summed E-state index contributed by atoms with van der Waals surface area (Å²) in [7, 11) is 1.06. The Kier molecular flexibility index (Phi) is 4.19. The number of nitro benzene ring substituents is 1. The molecule has 0 saturated heterocycles. The van der Waals surface area contributed by atoms with Crippen molar-refractivity contribution in [2.24, 2.45) is 4.99 Å². The number of nitro groups is 1. The van der Waals surface area contributed by atoms with E-state index in [0.29, 0.717) is 12.4 Å². The summed E-state index contributed by atoms with van der Waals surface area (Å²) in [6, 6.07) is 1.39. The summed E-state index contributed by atoms with van der Waals surface area (Å²) >= 11 is 0. The molecule has 94 valence electrons. The van der Waals surface area contributed by atoms with Crippen molar-refractivity contribution in [1.82, 2.24) is 0 Å². The maximum atomic E-state index is 13.3. The number of benzene rings is 1. The van der Waals surface area contributed by atoms with Crippen LogP contribution in [0, 0.1) is 15.9 Å². The van der Waals surface area contributed by atoms with Crippen molar-refractivity contribution in [3.8, 4) is 0 Å². The molecule has 0 radical (unpaired) electrons. The van der Waals surface area contributed by atoms with Gasteiger partial charge >= 0.3 is 11.7 Å². The molecule has 0 unspecified atom stereocenters. The minimum Gasteiger partial charge on any atom is -0.465 e. The molecule has 0 aliphatic heterocycles. The smallest absolute Gasteiger partial charge is 0.340 e. The maximum Gasteiger partial charge on any atom is 0.340 e. The van der Waals surface area contributed by atoms with E-state index in [1.807, 2.05) is 0 Å². The van der Waals surface area contributed by atoms with E-state index in [4.69, 9.17) is 0 Å². The summed E-state index contributed by atoms with van der Waals surface area (Å²) in [6.45, 7) is 0. The van der Waals surface area contributed by atoms with Crippen LogP contribution in [-0.2, 0) is 9.53 Å². The summed E-state index contributed by atoms with van der Waals surface area (Å²) in [4.78, 5) is 34.5. The van der Waals surface area contributed by atoms with E-state index in [0.717, 1.165) is 19.4 Å². The quantitative estimate of drug-likeness (QED) is 0.266. The van der Waals surface area contributed by atoms with Gasteiger partial charge in [0.1, 0.15) is 0 Å². The van der Waals surface area contributed by atoms with E-state index in [9.17, 15) is 24.1 Å². The number of nitrogens with zero attached hydrogens (tertiary/aromatic N) is 2. The fourth-order valence-electron chi connectivity index (χ4n) is 1.18. The normalized spacial score (nSPS) is 10.3. The van der Waals surface area contributed by atoms with Gasteiger partial charge in [-0.05, 0) is 6.07 Å². The SMILES string of the molecule is COC(=O)c1cc(F)c([N+](=O)[O-])cc1N=CC=O. The van der Waals surface area contributed by atoms with E-state index < -0.39 is 22.4 Å². The van der Waals surface area contributed by atoms with Gasteiger partial charge in [-0.2, -0.15) is 4.39 Å². The van der Waals surface area contributed by atoms with Crippen LogP contribution in [0.25, 0.3) is 0 Å². The number of carbonyl (C=O) groups excluding carboxylic acids is 2. The van der Waals surface area contributed by atoms with Crippen LogP contribution in [0.3, 0.4) is 0 Å². The Labute approximate surface area is 100 Å². The lowest BCUT2D eigenvalue weighted by Crippen LogP contribution is -2.04. The Hall–Kier alpha value is -2.64. The van der Waals surface area contributed by atoms with Crippen molar-refractivity contribution in [2.45, 2.75) is 0 Å². The van der Waals surface area contributed by atoms with Crippen molar-refractivity contribution in [3.05, 3.63) is 33.6 Å². The van der Waals surface area contributed by atoms with Gasteiger partial charge in [-0.1, -0.05) is 0 Å². The predicted octanol–water partition coefficient (Wildman–Crippen LogP) is 1.42. The number of aliphatic imine (C=N–C) groups is 1. The molecular formula is C10H7FN2O5. The lowest BCUT2D eigenvalue weighted by atomic mass is 10.1. The number of hydrogen-bond acceptors (Lipinski definition) is 6. The molecule has 0 N–H and O–H groups in total. The molecule has 0 spiro atoms. The van der Waals surface area contributed by atoms with Gasteiger partial charge in [0.25, 0.3) is 0 Å². The first kappa shape index (κ1) is 13.4. The van der Waals surface area contributed by atoms with Crippen molar-refractivity contribution in [3.63, 3.8) is 0 Å². The molecule has 8 heteroatoms. The second-order valence-electron chi connectivity index (χ2n) is 2.98. The molecule has 0 aromatic heterocycles. The Morgan fingerprint density at radius 3 is 2.72 bits per heavy atom. The van der Waals surface area contributed by atoms with Gasteiger partial charge in [0.05, 0.1) is 29.5 Å². The van der Waals surface area contributed by atoms with Crippen LogP contribution in [-0.4, -0.2) is 30.5 Å². The van der Waals surface area contributed by atoms with E-state index in [2.05, 4.69) is 9.73 Å². The van der Waals surface area contributed by atoms with Gasteiger partial charge in [-0.3, -0.25) is 19.9 Å². The Balaban J connectivity index is 3.45. The van der Waals surface area contributed by atoms with Crippen LogP contribution in [0.2, 0.25) is 0 Å². The minimum absolute atomic E-state index is 0.220. The van der Waals surface area contributed by atoms with Crippen molar-refractivity contribution < 1.29 is 23.6 Å². The van der Waals surface area contributed by atoms with Crippen molar-refractivity contribution in [1.29, 1.82) is 0 Å². The molecule has 18 heavy (non-hydrogen) atoms. The summed E-state index contributed by atoms with van der Waals surface area (Å²) in [5.41, 5.74) is -1.37. The standard InChI is InChI=1S/C10H7FN2O5/c1-18-10(15)6-4-7(11)9(13(16)17)5-8(6)12-2-3-14/h2-5H,1H3. The number of halogens is 1. The Bertz CT molecular complexity index is 541. The lowest BCUT2D eigenvalue weighted by molar-refractivity contribution is -0.387. The molecule has 0 aliphatic rings. The van der Waals surface area contributed by atoms with Gasteiger partial charge in [0, 0.05) is 6.07 Å². The molecule has 0 fully saturated rings. The van der Waals surface area contributed by atoms with E-state index >= 15 is 0 Å². The molecule has 0 heterocycles. The highest BCUT2D eigenvalue weighted by Crippen LogP contribution is 2.28.